The third kappa shape index (κ3) is 11.4. The van der Waals surface area contributed by atoms with Crippen LogP contribution in [0.2, 0.25) is 0 Å². The quantitative estimate of drug-likeness (QED) is 0.235. The van der Waals surface area contributed by atoms with Crippen molar-refractivity contribution in [2.45, 2.75) is 64.8 Å². The van der Waals surface area contributed by atoms with Crippen LogP contribution in [-0.4, -0.2) is 72.2 Å². The zero-order valence-electron chi connectivity index (χ0n) is 19.2. The van der Waals surface area contributed by atoms with Crippen molar-refractivity contribution in [2.75, 3.05) is 19.8 Å². The fraction of sp³-hybridized carbons (Fsp3) is 0.565. The summed E-state index contributed by atoms with van der Waals surface area (Å²) in [5.41, 5.74) is -0.00642. The standard InChI is InChI=1S/C23H32O10/c1-15(25)13-30-20(26)10-6-7-11-21(27)32-17(3)14-31-22(28)18-8-4-5-9-19(18)23(29)33-16(2)12-24/h4-5,8-9,15-17,24-25H,6-7,10-14H2,1-3H3. The van der Waals surface area contributed by atoms with E-state index >= 15 is 0 Å². The third-order valence-electron chi connectivity index (χ3n) is 4.21. The fourth-order valence-electron chi connectivity index (χ4n) is 2.54. The molecule has 0 amide bonds. The molecule has 0 aliphatic heterocycles. The summed E-state index contributed by atoms with van der Waals surface area (Å²) >= 11 is 0. The highest BCUT2D eigenvalue weighted by molar-refractivity contribution is 6.03. The number of carbonyl (C=O) groups excluding carboxylic acids is 4. The maximum absolute atomic E-state index is 12.4. The molecule has 0 bridgehead atoms. The molecule has 1 rings (SSSR count). The lowest BCUT2D eigenvalue weighted by molar-refractivity contribution is -0.151. The van der Waals surface area contributed by atoms with Gasteiger partial charge in [0, 0.05) is 12.8 Å². The van der Waals surface area contributed by atoms with Crippen LogP contribution in [-0.2, 0) is 28.5 Å². The van der Waals surface area contributed by atoms with E-state index in [1.165, 1.54) is 26.0 Å². The normalized spacial score (nSPS) is 13.4. The monoisotopic (exact) mass is 468 g/mol. The lowest BCUT2D eigenvalue weighted by atomic mass is 10.1. The van der Waals surface area contributed by atoms with Gasteiger partial charge in [-0.15, -0.1) is 0 Å². The van der Waals surface area contributed by atoms with Gasteiger partial charge in [-0.3, -0.25) is 9.59 Å². The molecule has 0 radical (unpaired) electrons. The van der Waals surface area contributed by atoms with E-state index in [4.69, 9.17) is 29.2 Å². The maximum atomic E-state index is 12.4. The number of benzene rings is 1. The highest BCUT2D eigenvalue weighted by Gasteiger charge is 2.21. The van der Waals surface area contributed by atoms with Crippen molar-refractivity contribution in [1.82, 2.24) is 0 Å². The summed E-state index contributed by atoms with van der Waals surface area (Å²) in [6.07, 6.45) is -1.11. The summed E-state index contributed by atoms with van der Waals surface area (Å²) < 4.78 is 20.2. The third-order valence-corrected chi connectivity index (χ3v) is 4.21. The minimum Gasteiger partial charge on any atom is -0.463 e. The summed E-state index contributed by atoms with van der Waals surface area (Å²) in [6, 6.07) is 5.94. The Hall–Kier alpha value is -2.98. The Morgan fingerprint density at radius 2 is 1.36 bits per heavy atom. The molecular weight excluding hydrogens is 436 g/mol. The van der Waals surface area contributed by atoms with Crippen LogP contribution in [0.4, 0.5) is 0 Å². The van der Waals surface area contributed by atoms with Gasteiger partial charge in [0.15, 0.2) is 0 Å². The van der Waals surface area contributed by atoms with Crippen molar-refractivity contribution in [3.05, 3.63) is 35.4 Å². The molecule has 0 aliphatic rings. The Balaban J connectivity index is 2.40. The number of hydrogen-bond acceptors (Lipinski definition) is 10. The Kier molecular flexibility index (Phi) is 12.7. The molecule has 3 atom stereocenters. The van der Waals surface area contributed by atoms with E-state index in [0.717, 1.165) is 0 Å². The first kappa shape index (κ1) is 28.1. The summed E-state index contributed by atoms with van der Waals surface area (Å²) in [4.78, 5) is 48.0. The zero-order chi connectivity index (χ0) is 24.8. The minimum absolute atomic E-state index is 0.000536. The predicted molar refractivity (Wildman–Crippen MR) is 115 cm³/mol. The smallest absolute Gasteiger partial charge is 0.339 e. The molecule has 33 heavy (non-hydrogen) atoms. The zero-order valence-corrected chi connectivity index (χ0v) is 19.2. The molecule has 10 nitrogen and oxygen atoms in total. The highest BCUT2D eigenvalue weighted by Crippen LogP contribution is 2.14. The Bertz CT molecular complexity index is 789. The van der Waals surface area contributed by atoms with E-state index in [1.807, 2.05) is 0 Å². The summed E-state index contributed by atoms with van der Waals surface area (Å²) in [7, 11) is 0. The largest absolute Gasteiger partial charge is 0.463 e. The number of esters is 4. The average Bonchev–Trinajstić information content (AvgIpc) is 2.78. The second kappa shape index (κ2) is 15.0. The van der Waals surface area contributed by atoms with E-state index in [9.17, 15) is 19.2 Å². The van der Waals surface area contributed by atoms with Crippen LogP contribution in [0.3, 0.4) is 0 Å². The second-order valence-corrected chi connectivity index (χ2v) is 7.58. The van der Waals surface area contributed by atoms with Crippen molar-refractivity contribution >= 4 is 23.9 Å². The molecule has 0 aromatic heterocycles. The SMILES string of the molecule is CC(O)COC(=O)CCCCC(=O)OC(C)COC(=O)c1ccccc1C(=O)OC(C)CO. The number of ether oxygens (including phenoxy) is 4. The van der Waals surface area contributed by atoms with Crippen molar-refractivity contribution in [3.8, 4) is 0 Å². The van der Waals surface area contributed by atoms with Crippen molar-refractivity contribution in [2.24, 2.45) is 0 Å². The minimum atomic E-state index is -0.780. The fourth-order valence-corrected chi connectivity index (χ4v) is 2.54. The maximum Gasteiger partial charge on any atom is 0.339 e. The number of carbonyl (C=O) groups is 4. The molecule has 0 fully saturated rings. The molecule has 0 heterocycles. The van der Waals surface area contributed by atoms with Gasteiger partial charge in [0.05, 0.1) is 23.8 Å². The molecule has 184 valence electrons. The van der Waals surface area contributed by atoms with Gasteiger partial charge in [0.25, 0.3) is 0 Å². The van der Waals surface area contributed by atoms with Gasteiger partial charge in [-0.25, -0.2) is 9.59 Å². The number of aliphatic hydroxyl groups is 2. The molecule has 0 saturated carbocycles. The van der Waals surface area contributed by atoms with Crippen LogP contribution in [0.1, 0.15) is 67.2 Å². The van der Waals surface area contributed by atoms with Crippen LogP contribution in [0.15, 0.2) is 24.3 Å². The number of unbranched alkanes of at least 4 members (excludes halogenated alkanes) is 1. The van der Waals surface area contributed by atoms with Gasteiger partial charge in [-0.05, 0) is 45.7 Å². The van der Waals surface area contributed by atoms with Gasteiger partial charge >= 0.3 is 23.9 Å². The van der Waals surface area contributed by atoms with Crippen LogP contribution in [0, 0.1) is 0 Å². The molecule has 1 aromatic rings. The first-order valence-electron chi connectivity index (χ1n) is 10.7. The van der Waals surface area contributed by atoms with E-state index in [2.05, 4.69) is 0 Å². The molecule has 0 aliphatic carbocycles. The van der Waals surface area contributed by atoms with Crippen LogP contribution < -0.4 is 0 Å². The number of aliphatic hydroxyl groups excluding tert-OH is 2. The molecule has 0 spiro atoms. The van der Waals surface area contributed by atoms with Crippen LogP contribution in [0.5, 0.6) is 0 Å². The van der Waals surface area contributed by atoms with E-state index in [0.29, 0.717) is 12.8 Å². The van der Waals surface area contributed by atoms with Crippen LogP contribution >= 0.6 is 0 Å². The molecule has 1 aromatic carbocycles. The molecule has 3 unspecified atom stereocenters. The number of rotatable bonds is 14. The molecule has 2 N–H and O–H groups in total. The molecule has 10 heteroatoms. The Morgan fingerprint density at radius 1 is 0.788 bits per heavy atom. The molecule has 0 saturated heterocycles. The first-order chi connectivity index (χ1) is 15.6. The van der Waals surface area contributed by atoms with Gasteiger partial charge in [-0.1, -0.05) is 12.1 Å². The van der Waals surface area contributed by atoms with Crippen molar-refractivity contribution < 1.29 is 48.3 Å². The van der Waals surface area contributed by atoms with Gasteiger partial charge in [-0.2, -0.15) is 0 Å². The highest BCUT2D eigenvalue weighted by atomic mass is 16.6. The van der Waals surface area contributed by atoms with E-state index in [-0.39, 0.29) is 43.8 Å². The lowest BCUT2D eigenvalue weighted by Crippen LogP contribution is -2.24. The van der Waals surface area contributed by atoms with Gasteiger partial charge < -0.3 is 29.2 Å². The van der Waals surface area contributed by atoms with Gasteiger partial charge in [0.1, 0.15) is 25.4 Å². The van der Waals surface area contributed by atoms with Crippen molar-refractivity contribution in [3.63, 3.8) is 0 Å². The lowest BCUT2D eigenvalue weighted by Gasteiger charge is -2.15. The Labute approximate surface area is 192 Å². The van der Waals surface area contributed by atoms with E-state index < -0.39 is 42.2 Å². The molecular formula is C23H32O10. The van der Waals surface area contributed by atoms with Gasteiger partial charge in [0.2, 0.25) is 0 Å². The first-order valence-corrected chi connectivity index (χ1v) is 10.7. The second-order valence-electron chi connectivity index (χ2n) is 7.58. The average molecular weight is 468 g/mol. The summed E-state index contributed by atoms with van der Waals surface area (Å²) in [6.45, 7) is 3.94. The predicted octanol–water partition coefficient (Wildman–Crippen LogP) is 1.80. The van der Waals surface area contributed by atoms with Crippen molar-refractivity contribution in [1.29, 1.82) is 0 Å². The summed E-state index contributed by atoms with van der Waals surface area (Å²) in [5, 5.41) is 18.1. The van der Waals surface area contributed by atoms with Crippen LogP contribution in [0.25, 0.3) is 0 Å². The Morgan fingerprint density at radius 3 is 1.94 bits per heavy atom. The van der Waals surface area contributed by atoms with E-state index in [1.54, 1.807) is 19.1 Å². The number of hydrogen-bond donors (Lipinski definition) is 2. The topological polar surface area (TPSA) is 146 Å². The summed E-state index contributed by atoms with van der Waals surface area (Å²) in [5.74, 6) is -2.49.